The van der Waals surface area contributed by atoms with Gasteiger partial charge in [-0.1, -0.05) is 69.4 Å². The molecule has 0 unspecified atom stereocenters. The molecule has 0 bridgehead atoms. The van der Waals surface area contributed by atoms with E-state index in [9.17, 15) is 0 Å². The zero-order chi connectivity index (χ0) is 28.4. The first kappa shape index (κ1) is 36.9. The van der Waals surface area contributed by atoms with Crippen molar-refractivity contribution in [2.75, 3.05) is 112 Å². The lowest BCUT2D eigenvalue weighted by Crippen LogP contribution is -2.15. The molecule has 9 heteroatoms. The Bertz CT molecular complexity index is 591. The number of hydrogen-bond donors (Lipinski definition) is 0. The number of hydrogen-bond acceptors (Lipinski definition) is 9. The maximum Gasteiger partial charge on any atom is 0.0718 e. The van der Waals surface area contributed by atoms with Crippen LogP contribution in [-0.4, -0.2) is 112 Å². The van der Waals surface area contributed by atoms with Crippen LogP contribution in [0, 0.1) is 0 Å². The van der Waals surface area contributed by atoms with Crippen LogP contribution in [0.25, 0.3) is 0 Å². The molecule has 1 aromatic rings. The van der Waals surface area contributed by atoms with Gasteiger partial charge in [-0.3, -0.25) is 0 Å². The van der Waals surface area contributed by atoms with Crippen LogP contribution in [0.5, 0.6) is 0 Å². The van der Waals surface area contributed by atoms with E-state index in [0.29, 0.717) is 112 Å². The summed E-state index contributed by atoms with van der Waals surface area (Å²) in [5.41, 5.74) is 1.17. The third-order valence-electron chi connectivity index (χ3n) is 5.73. The van der Waals surface area contributed by atoms with E-state index in [-0.39, 0.29) is 0 Å². The molecule has 0 aromatic heterocycles. The largest absolute Gasteiger partial charge is 0.379 e. The quantitative estimate of drug-likeness (QED) is 0.111. The Labute approximate surface area is 243 Å². The van der Waals surface area contributed by atoms with Gasteiger partial charge in [-0.25, -0.2) is 0 Å². The zero-order valence-electron chi connectivity index (χ0n) is 25.0. The Morgan fingerprint density at radius 3 is 1.07 bits per heavy atom. The highest BCUT2D eigenvalue weighted by Crippen LogP contribution is 2.04. The van der Waals surface area contributed by atoms with Crippen LogP contribution in [0.4, 0.5) is 0 Å². The van der Waals surface area contributed by atoms with Crippen molar-refractivity contribution >= 4 is 0 Å². The van der Waals surface area contributed by atoms with E-state index in [1.165, 1.54) is 37.7 Å². The molecule has 40 heavy (non-hydrogen) atoms. The highest BCUT2D eigenvalue weighted by molar-refractivity contribution is 5.13. The van der Waals surface area contributed by atoms with Gasteiger partial charge in [0.25, 0.3) is 0 Å². The zero-order valence-corrected chi connectivity index (χ0v) is 25.0. The smallest absolute Gasteiger partial charge is 0.0718 e. The van der Waals surface area contributed by atoms with E-state index in [2.05, 4.69) is 6.92 Å². The lowest BCUT2D eigenvalue weighted by atomic mass is 10.1. The second-order valence-corrected chi connectivity index (χ2v) is 9.20. The van der Waals surface area contributed by atoms with Gasteiger partial charge >= 0.3 is 0 Å². The van der Waals surface area contributed by atoms with Crippen LogP contribution >= 0.6 is 0 Å². The Balaban J connectivity index is 1.62. The van der Waals surface area contributed by atoms with Crippen LogP contribution in [0.3, 0.4) is 0 Å². The highest BCUT2D eigenvalue weighted by atomic mass is 16.6. The van der Waals surface area contributed by atoms with Crippen LogP contribution < -0.4 is 0 Å². The molecule has 0 saturated heterocycles. The first-order valence-electron chi connectivity index (χ1n) is 15.2. The Hall–Kier alpha value is -1.14. The molecule has 0 fully saturated rings. The fourth-order valence-electron chi connectivity index (χ4n) is 3.51. The Kier molecular flexibility index (Phi) is 29.9. The average molecular weight is 573 g/mol. The van der Waals surface area contributed by atoms with Gasteiger partial charge in [0.05, 0.1) is 112 Å². The fraction of sp³-hybridized carbons (Fsp3) is 0.806. The van der Waals surface area contributed by atoms with E-state index in [4.69, 9.17) is 42.6 Å². The van der Waals surface area contributed by atoms with Crippen molar-refractivity contribution in [2.24, 2.45) is 0 Å². The topological polar surface area (TPSA) is 83.1 Å². The summed E-state index contributed by atoms with van der Waals surface area (Å²) in [6.45, 7) is 12.6. The monoisotopic (exact) mass is 572 g/mol. The van der Waals surface area contributed by atoms with E-state index in [1.807, 2.05) is 30.3 Å². The number of unbranched alkanes of at least 4 members (excludes halogenated alkanes) is 5. The predicted molar refractivity (Wildman–Crippen MR) is 156 cm³/mol. The number of ether oxygens (including phenoxy) is 9. The number of rotatable bonds is 33. The van der Waals surface area contributed by atoms with Gasteiger partial charge in [0.1, 0.15) is 0 Å². The van der Waals surface area contributed by atoms with Crippen molar-refractivity contribution in [3.8, 4) is 0 Å². The minimum absolute atomic E-state index is 0.534. The van der Waals surface area contributed by atoms with Crippen molar-refractivity contribution in [1.82, 2.24) is 0 Å². The van der Waals surface area contributed by atoms with Gasteiger partial charge in [-0.2, -0.15) is 0 Å². The summed E-state index contributed by atoms with van der Waals surface area (Å²) in [6.07, 6.45) is 7.71. The Morgan fingerprint density at radius 1 is 0.350 bits per heavy atom. The molecule has 1 aromatic carbocycles. The summed E-state index contributed by atoms with van der Waals surface area (Å²) < 4.78 is 49.6. The second-order valence-electron chi connectivity index (χ2n) is 9.20. The normalized spacial score (nSPS) is 11.4. The van der Waals surface area contributed by atoms with Gasteiger partial charge in [0.15, 0.2) is 0 Å². The molecule has 0 saturated carbocycles. The van der Waals surface area contributed by atoms with Crippen molar-refractivity contribution in [2.45, 2.75) is 52.1 Å². The molecule has 0 atom stereocenters. The lowest BCUT2D eigenvalue weighted by molar-refractivity contribution is -0.0254. The summed E-state index contributed by atoms with van der Waals surface area (Å²) in [6, 6.07) is 10.1. The molecule has 0 radical (unpaired) electrons. The van der Waals surface area contributed by atoms with Crippen LogP contribution in [0.15, 0.2) is 30.3 Å². The summed E-state index contributed by atoms with van der Waals surface area (Å²) in [5.74, 6) is 0. The number of benzene rings is 1. The summed E-state index contributed by atoms with van der Waals surface area (Å²) in [5, 5.41) is 0. The molecule has 9 nitrogen and oxygen atoms in total. The standard InChI is InChI=1S/C31H56O9/c1-2-3-4-5-6-10-13-32-14-15-33-16-17-34-18-19-35-20-21-36-22-23-37-24-25-38-26-27-39-28-29-40-30-31-11-8-7-9-12-31/h7-9,11-12H,2-6,10,13-30H2,1H3. The van der Waals surface area contributed by atoms with E-state index in [1.54, 1.807) is 0 Å². The van der Waals surface area contributed by atoms with Gasteiger partial charge in [0, 0.05) is 6.61 Å². The van der Waals surface area contributed by atoms with Gasteiger partial charge < -0.3 is 42.6 Å². The summed E-state index contributed by atoms with van der Waals surface area (Å²) in [4.78, 5) is 0. The van der Waals surface area contributed by atoms with Gasteiger partial charge in [0.2, 0.25) is 0 Å². The minimum atomic E-state index is 0.534. The van der Waals surface area contributed by atoms with Gasteiger partial charge in [-0.15, -0.1) is 0 Å². The van der Waals surface area contributed by atoms with Crippen molar-refractivity contribution in [3.63, 3.8) is 0 Å². The molecule has 0 aliphatic heterocycles. The third-order valence-corrected chi connectivity index (χ3v) is 5.73. The van der Waals surface area contributed by atoms with E-state index < -0.39 is 0 Å². The van der Waals surface area contributed by atoms with Crippen LogP contribution in [-0.2, 0) is 49.2 Å². The van der Waals surface area contributed by atoms with Crippen LogP contribution in [0.1, 0.15) is 51.0 Å². The summed E-state index contributed by atoms with van der Waals surface area (Å²) in [7, 11) is 0. The van der Waals surface area contributed by atoms with Crippen LogP contribution in [0.2, 0.25) is 0 Å². The van der Waals surface area contributed by atoms with Gasteiger partial charge in [-0.05, 0) is 12.0 Å². The fourth-order valence-corrected chi connectivity index (χ4v) is 3.51. The van der Waals surface area contributed by atoms with Crippen molar-refractivity contribution in [3.05, 3.63) is 35.9 Å². The maximum absolute atomic E-state index is 5.58. The Morgan fingerprint density at radius 2 is 0.675 bits per heavy atom. The molecule has 0 heterocycles. The highest BCUT2D eigenvalue weighted by Gasteiger charge is 1.96. The molecular formula is C31H56O9. The molecule has 0 amide bonds. The summed E-state index contributed by atoms with van der Waals surface area (Å²) >= 11 is 0. The van der Waals surface area contributed by atoms with Crippen molar-refractivity contribution < 1.29 is 42.6 Å². The first-order chi connectivity index (χ1) is 19.9. The molecule has 0 spiro atoms. The van der Waals surface area contributed by atoms with Crippen molar-refractivity contribution in [1.29, 1.82) is 0 Å². The van der Waals surface area contributed by atoms with E-state index in [0.717, 1.165) is 13.0 Å². The first-order valence-corrected chi connectivity index (χ1v) is 15.2. The minimum Gasteiger partial charge on any atom is -0.379 e. The third kappa shape index (κ3) is 28.4. The molecule has 0 aliphatic carbocycles. The SMILES string of the molecule is CCCCCCCCOCCOCCOCCOCCOCCOCCOCCOCCOCc1ccccc1. The molecular weight excluding hydrogens is 516 g/mol. The second kappa shape index (κ2) is 32.4. The maximum atomic E-state index is 5.58. The molecule has 0 aliphatic rings. The molecule has 234 valence electrons. The van der Waals surface area contributed by atoms with E-state index >= 15 is 0 Å². The molecule has 1 rings (SSSR count). The predicted octanol–water partition coefficient (Wildman–Crippen LogP) is 4.70. The lowest BCUT2D eigenvalue weighted by Gasteiger charge is -2.09. The molecule has 0 N–H and O–H groups in total. The average Bonchev–Trinajstić information content (AvgIpc) is 2.98.